The molecule has 0 saturated heterocycles. The summed E-state index contributed by atoms with van der Waals surface area (Å²) in [6.07, 6.45) is -0.0109. The van der Waals surface area contributed by atoms with Crippen LogP contribution in [0.2, 0.25) is 0 Å². The van der Waals surface area contributed by atoms with Gasteiger partial charge in [0.15, 0.2) is 0 Å². The monoisotopic (exact) mass is 134 g/mol. The molecular formula is C5H7FO3. The normalized spacial score (nSPS) is 8.11. The number of carbonyl (C=O) groups is 1. The van der Waals surface area contributed by atoms with Gasteiger partial charge in [0.05, 0.1) is 6.26 Å². The fourth-order valence-electron chi connectivity index (χ4n) is 0.224. The molecule has 0 rings (SSSR count). The second-order valence-corrected chi connectivity index (χ2v) is 1.07. The van der Waals surface area contributed by atoms with Crippen molar-refractivity contribution in [2.45, 2.75) is 0 Å². The van der Waals surface area contributed by atoms with Crippen LogP contribution in [0.5, 0.6) is 0 Å². The molecule has 0 unspecified atom stereocenters. The highest BCUT2D eigenvalue weighted by molar-refractivity contribution is 5.60. The van der Waals surface area contributed by atoms with Crippen LogP contribution in [0.15, 0.2) is 12.8 Å². The maximum absolute atomic E-state index is 11.2. The summed E-state index contributed by atoms with van der Waals surface area (Å²) in [6.45, 7) is 2.12. The van der Waals surface area contributed by atoms with Crippen molar-refractivity contribution in [3.8, 4) is 0 Å². The number of halogens is 1. The number of alkyl halides is 1. The minimum absolute atomic E-state index is 0.271. The maximum Gasteiger partial charge on any atom is 0.513 e. The van der Waals surface area contributed by atoms with Crippen LogP contribution >= 0.6 is 0 Å². The zero-order valence-corrected chi connectivity index (χ0v) is 4.80. The molecule has 0 spiro atoms. The maximum atomic E-state index is 11.2. The lowest BCUT2D eigenvalue weighted by atomic mass is 10.8. The molecule has 0 atom stereocenters. The van der Waals surface area contributed by atoms with Crippen LogP contribution in [0.3, 0.4) is 0 Å². The van der Waals surface area contributed by atoms with Gasteiger partial charge in [0.1, 0.15) is 13.3 Å². The van der Waals surface area contributed by atoms with Crippen molar-refractivity contribution in [2.75, 3.05) is 13.3 Å². The van der Waals surface area contributed by atoms with Gasteiger partial charge in [-0.15, -0.1) is 0 Å². The van der Waals surface area contributed by atoms with E-state index < -0.39 is 12.8 Å². The standard InChI is InChI=1S/C5H7FO3/c1-2-8-5(7)9-4-3-6/h2H,1,3-4H2. The molecule has 0 fully saturated rings. The molecule has 0 aromatic rings. The quantitative estimate of drug-likeness (QED) is 0.430. The third-order valence-corrected chi connectivity index (χ3v) is 0.477. The molecule has 9 heavy (non-hydrogen) atoms. The van der Waals surface area contributed by atoms with Gasteiger partial charge in [-0.25, -0.2) is 9.18 Å². The molecule has 0 bridgehead atoms. The second kappa shape index (κ2) is 5.08. The van der Waals surface area contributed by atoms with E-state index in [2.05, 4.69) is 16.1 Å². The SMILES string of the molecule is C=COC(=O)OCCF. The molecule has 3 nitrogen and oxygen atoms in total. The number of ether oxygens (including phenoxy) is 2. The molecule has 0 radical (unpaired) electrons. The fraction of sp³-hybridized carbons (Fsp3) is 0.400. The van der Waals surface area contributed by atoms with E-state index in [9.17, 15) is 9.18 Å². The minimum atomic E-state index is -0.928. The zero-order valence-electron chi connectivity index (χ0n) is 4.80. The Hall–Kier alpha value is -1.06. The molecule has 0 N–H and O–H groups in total. The van der Waals surface area contributed by atoms with E-state index in [1.165, 1.54) is 0 Å². The lowest BCUT2D eigenvalue weighted by molar-refractivity contribution is 0.0795. The number of hydrogen-bond acceptors (Lipinski definition) is 3. The van der Waals surface area contributed by atoms with E-state index in [-0.39, 0.29) is 6.61 Å². The molecule has 0 amide bonds. The Balaban J connectivity index is 3.16. The first-order chi connectivity index (χ1) is 4.31. The van der Waals surface area contributed by atoms with Crippen molar-refractivity contribution in [2.24, 2.45) is 0 Å². The van der Waals surface area contributed by atoms with E-state index in [1.54, 1.807) is 0 Å². The Bertz CT molecular complexity index is 102. The third kappa shape index (κ3) is 4.80. The third-order valence-electron chi connectivity index (χ3n) is 0.477. The summed E-state index contributed by atoms with van der Waals surface area (Å²) in [5.74, 6) is 0. The van der Waals surface area contributed by atoms with Gasteiger partial charge in [-0.2, -0.15) is 0 Å². The minimum Gasteiger partial charge on any atom is -0.431 e. The Morgan fingerprint density at radius 1 is 1.78 bits per heavy atom. The zero-order chi connectivity index (χ0) is 7.11. The molecule has 0 aliphatic rings. The van der Waals surface area contributed by atoms with Gasteiger partial charge in [0, 0.05) is 0 Å². The van der Waals surface area contributed by atoms with Gasteiger partial charge in [0.25, 0.3) is 0 Å². The summed E-state index contributed by atoms with van der Waals surface area (Å²) in [5.41, 5.74) is 0. The van der Waals surface area contributed by atoms with Crippen molar-refractivity contribution < 1.29 is 18.7 Å². The van der Waals surface area contributed by atoms with Gasteiger partial charge in [-0.3, -0.25) is 0 Å². The van der Waals surface area contributed by atoms with Gasteiger partial charge in [-0.1, -0.05) is 6.58 Å². The van der Waals surface area contributed by atoms with Crippen LogP contribution < -0.4 is 0 Å². The highest BCUT2D eigenvalue weighted by atomic mass is 19.1. The Morgan fingerprint density at radius 2 is 2.44 bits per heavy atom. The van der Waals surface area contributed by atoms with Gasteiger partial charge < -0.3 is 9.47 Å². The lowest BCUT2D eigenvalue weighted by Gasteiger charge is -1.96. The predicted octanol–water partition coefficient (Wildman–Crippen LogP) is 1.25. The summed E-state index contributed by atoms with van der Waals surface area (Å²) in [4.78, 5) is 10.1. The molecule has 0 aromatic heterocycles. The molecule has 0 heterocycles. The van der Waals surface area contributed by atoms with Crippen molar-refractivity contribution in [3.63, 3.8) is 0 Å². The molecule has 52 valence electrons. The highest BCUT2D eigenvalue weighted by Gasteiger charge is 1.97. The van der Waals surface area contributed by atoms with Crippen LogP contribution in [0, 0.1) is 0 Å². The molecule has 0 aliphatic heterocycles. The van der Waals surface area contributed by atoms with Crippen molar-refractivity contribution in [1.82, 2.24) is 0 Å². The summed E-state index contributed by atoms with van der Waals surface area (Å²) >= 11 is 0. The summed E-state index contributed by atoms with van der Waals surface area (Å²) in [7, 11) is 0. The van der Waals surface area contributed by atoms with Crippen LogP contribution in [-0.4, -0.2) is 19.4 Å². The van der Waals surface area contributed by atoms with E-state index >= 15 is 0 Å². The molecule has 4 heteroatoms. The van der Waals surface area contributed by atoms with Crippen LogP contribution in [0.4, 0.5) is 9.18 Å². The number of rotatable bonds is 3. The van der Waals surface area contributed by atoms with E-state index in [1.807, 2.05) is 0 Å². The second-order valence-electron chi connectivity index (χ2n) is 1.07. The molecule has 0 aliphatic carbocycles. The summed E-state index contributed by atoms with van der Waals surface area (Å²) in [5, 5.41) is 0. The summed E-state index contributed by atoms with van der Waals surface area (Å²) in [6, 6.07) is 0. The Morgan fingerprint density at radius 3 is 2.89 bits per heavy atom. The van der Waals surface area contributed by atoms with Crippen LogP contribution in [-0.2, 0) is 9.47 Å². The van der Waals surface area contributed by atoms with Gasteiger partial charge in [-0.05, 0) is 0 Å². The Labute approximate surface area is 52.1 Å². The molecular weight excluding hydrogens is 127 g/mol. The predicted molar refractivity (Wildman–Crippen MR) is 28.6 cm³/mol. The first-order valence-electron chi connectivity index (χ1n) is 2.31. The van der Waals surface area contributed by atoms with Crippen molar-refractivity contribution >= 4 is 6.16 Å². The average Bonchev–Trinajstić information content (AvgIpc) is 1.85. The number of carbonyl (C=O) groups excluding carboxylic acids is 1. The lowest BCUT2D eigenvalue weighted by Crippen LogP contribution is -2.05. The van der Waals surface area contributed by atoms with E-state index in [0.29, 0.717) is 0 Å². The molecule has 0 aromatic carbocycles. The van der Waals surface area contributed by atoms with Crippen LogP contribution in [0.1, 0.15) is 0 Å². The average molecular weight is 134 g/mol. The van der Waals surface area contributed by atoms with Gasteiger partial charge in [0.2, 0.25) is 0 Å². The first kappa shape index (κ1) is 7.94. The smallest absolute Gasteiger partial charge is 0.431 e. The Kier molecular flexibility index (Phi) is 4.49. The molecule has 0 saturated carbocycles. The summed E-state index contributed by atoms with van der Waals surface area (Å²) < 4.78 is 19.4. The topological polar surface area (TPSA) is 35.5 Å². The van der Waals surface area contributed by atoms with Crippen molar-refractivity contribution in [3.05, 3.63) is 12.8 Å². The fourth-order valence-corrected chi connectivity index (χ4v) is 0.224. The van der Waals surface area contributed by atoms with E-state index in [0.717, 1.165) is 6.26 Å². The highest BCUT2D eigenvalue weighted by Crippen LogP contribution is 1.84. The van der Waals surface area contributed by atoms with Crippen molar-refractivity contribution in [1.29, 1.82) is 0 Å². The van der Waals surface area contributed by atoms with Crippen LogP contribution in [0.25, 0.3) is 0 Å². The van der Waals surface area contributed by atoms with Gasteiger partial charge >= 0.3 is 6.16 Å². The largest absolute Gasteiger partial charge is 0.513 e. The first-order valence-corrected chi connectivity index (χ1v) is 2.31. The number of hydrogen-bond donors (Lipinski definition) is 0. The van der Waals surface area contributed by atoms with E-state index in [4.69, 9.17) is 0 Å².